The summed E-state index contributed by atoms with van der Waals surface area (Å²) in [6.45, 7) is 12.1. The Morgan fingerprint density at radius 3 is 2.40 bits per heavy atom. The molecule has 0 aliphatic carbocycles. The number of hydrogen-bond acceptors (Lipinski definition) is 5. The summed E-state index contributed by atoms with van der Waals surface area (Å²) in [6.07, 6.45) is -0.424. The number of carbonyl (C=O) groups excluding carboxylic acids is 1. The van der Waals surface area contributed by atoms with E-state index in [-0.39, 0.29) is 11.0 Å². The second-order valence-corrected chi connectivity index (χ2v) is 11.4. The zero-order chi connectivity index (χ0) is 25.5. The quantitative estimate of drug-likeness (QED) is 0.332. The summed E-state index contributed by atoms with van der Waals surface area (Å²) >= 11 is 1.44. The van der Waals surface area contributed by atoms with Crippen LogP contribution in [0, 0.1) is 6.92 Å². The minimum atomic E-state index is -0.538. The Kier molecular flexibility index (Phi) is 6.40. The number of pyridine rings is 1. The van der Waals surface area contributed by atoms with Gasteiger partial charge in [0, 0.05) is 28.3 Å². The topological polar surface area (TPSA) is 80.4 Å². The smallest absolute Gasteiger partial charge is 0.407 e. The SMILES string of the molecule is COc1cc(C)c2[nH]c(=O)c3sccc3c2c1-c1ccc(C(C)(C)CNC(=O)OC(C)(C)C)cc1. The number of rotatable bonds is 5. The van der Waals surface area contributed by atoms with Crippen LogP contribution in [0.3, 0.4) is 0 Å². The third-order valence-corrected chi connectivity index (χ3v) is 7.03. The molecule has 0 saturated heterocycles. The minimum Gasteiger partial charge on any atom is -0.496 e. The average Bonchev–Trinajstić information content (AvgIpc) is 3.28. The summed E-state index contributed by atoms with van der Waals surface area (Å²) in [5.41, 5.74) is 3.89. The highest BCUT2D eigenvalue weighted by Crippen LogP contribution is 2.42. The van der Waals surface area contributed by atoms with Crippen molar-refractivity contribution < 1.29 is 14.3 Å². The van der Waals surface area contributed by atoms with Crippen molar-refractivity contribution in [3.05, 3.63) is 63.3 Å². The maximum Gasteiger partial charge on any atom is 0.407 e. The second-order valence-electron chi connectivity index (χ2n) is 10.5. The fourth-order valence-corrected chi connectivity index (χ4v) is 5.11. The summed E-state index contributed by atoms with van der Waals surface area (Å²) in [4.78, 5) is 27.8. The van der Waals surface area contributed by atoms with Crippen LogP contribution in [-0.2, 0) is 10.2 Å². The summed E-state index contributed by atoms with van der Waals surface area (Å²) in [6, 6.07) is 12.3. The molecule has 0 aliphatic rings. The lowest BCUT2D eigenvalue weighted by atomic mass is 9.83. The normalized spacial score (nSPS) is 12.2. The highest BCUT2D eigenvalue weighted by Gasteiger charge is 2.24. The average molecular weight is 493 g/mol. The van der Waals surface area contributed by atoms with Crippen molar-refractivity contribution in [2.24, 2.45) is 0 Å². The fourth-order valence-electron chi connectivity index (χ4n) is 4.31. The second kappa shape index (κ2) is 9.04. The zero-order valence-electron chi connectivity index (χ0n) is 21.3. The van der Waals surface area contributed by atoms with Crippen LogP contribution in [0.5, 0.6) is 5.75 Å². The minimum absolute atomic E-state index is 0.0729. The van der Waals surface area contributed by atoms with Crippen LogP contribution in [0.15, 0.2) is 46.6 Å². The van der Waals surface area contributed by atoms with Crippen molar-refractivity contribution in [3.63, 3.8) is 0 Å². The Hall–Kier alpha value is -3.32. The summed E-state index contributed by atoms with van der Waals surface area (Å²) in [7, 11) is 1.67. The zero-order valence-corrected chi connectivity index (χ0v) is 22.1. The molecule has 0 aliphatic heterocycles. The van der Waals surface area contributed by atoms with Crippen LogP contribution in [0.4, 0.5) is 4.79 Å². The molecule has 7 heteroatoms. The molecule has 184 valence electrons. The molecule has 0 saturated carbocycles. The lowest BCUT2D eigenvalue weighted by molar-refractivity contribution is 0.0517. The molecular weight excluding hydrogens is 460 g/mol. The van der Waals surface area contributed by atoms with Gasteiger partial charge in [-0.25, -0.2) is 4.79 Å². The Balaban J connectivity index is 1.74. The maximum atomic E-state index is 12.6. The van der Waals surface area contributed by atoms with Crippen molar-refractivity contribution in [2.75, 3.05) is 13.7 Å². The number of aryl methyl sites for hydroxylation is 1. The van der Waals surface area contributed by atoms with Crippen LogP contribution >= 0.6 is 11.3 Å². The predicted molar refractivity (Wildman–Crippen MR) is 144 cm³/mol. The van der Waals surface area contributed by atoms with E-state index in [9.17, 15) is 9.59 Å². The highest BCUT2D eigenvalue weighted by atomic mass is 32.1. The number of alkyl carbamates (subject to hydrolysis) is 1. The van der Waals surface area contributed by atoms with E-state index < -0.39 is 11.7 Å². The lowest BCUT2D eigenvalue weighted by Gasteiger charge is -2.27. The molecule has 2 heterocycles. The third kappa shape index (κ3) is 4.91. The van der Waals surface area contributed by atoms with Crippen LogP contribution < -0.4 is 15.6 Å². The number of ether oxygens (including phenoxy) is 2. The van der Waals surface area contributed by atoms with E-state index >= 15 is 0 Å². The monoisotopic (exact) mass is 492 g/mol. The van der Waals surface area contributed by atoms with Gasteiger partial charge in [-0.15, -0.1) is 11.3 Å². The molecule has 2 aromatic carbocycles. The molecule has 0 unspecified atom stereocenters. The molecule has 4 rings (SSSR count). The number of thiophene rings is 1. The third-order valence-electron chi connectivity index (χ3n) is 6.12. The van der Waals surface area contributed by atoms with Gasteiger partial charge in [-0.3, -0.25) is 4.79 Å². The molecule has 2 aromatic heterocycles. The van der Waals surface area contributed by atoms with Gasteiger partial charge in [0.05, 0.1) is 12.6 Å². The number of aromatic amines is 1. The van der Waals surface area contributed by atoms with Crippen LogP contribution in [0.25, 0.3) is 32.1 Å². The molecule has 1 amide bonds. The van der Waals surface area contributed by atoms with Crippen LogP contribution in [0.2, 0.25) is 0 Å². The molecule has 6 nitrogen and oxygen atoms in total. The Labute approximate surface area is 209 Å². The van der Waals surface area contributed by atoms with Crippen LogP contribution in [-0.4, -0.2) is 30.3 Å². The molecule has 0 bridgehead atoms. The van der Waals surface area contributed by atoms with E-state index in [1.165, 1.54) is 11.3 Å². The first kappa shape index (κ1) is 24.8. The van der Waals surface area contributed by atoms with Crippen molar-refractivity contribution in [1.29, 1.82) is 0 Å². The van der Waals surface area contributed by atoms with Gasteiger partial charge >= 0.3 is 6.09 Å². The predicted octanol–water partition coefficient (Wildman–Crippen LogP) is 6.53. The van der Waals surface area contributed by atoms with Crippen molar-refractivity contribution in [2.45, 2.75) is 52.6 Å². The van der Waals surface area contributed by atoms with E-state index in [0.717, 1.165) is 44.3 Å². The van der Waals surface area contributed by atoms with Gasteiger partial charge in [-0.1, -0.05) is 38.1 Å². The van der Waals surface area contributed by atoms with E-state index in [1.54, 1.807) is 7.11 Å². The largest absolute Gasteiger partial charge is 0.496 e. The number of fused-ring (bicyclic) bond motifs is 3. The number of hydrogen-bond donors (Lipinski definition) is 2. The first-order chi connectivity index (χ1) is 16.4. The van der Waals surface area contributed by atoms with Crippen molar-refractivity contribution in [1.82, 2.24) is 10.3 Å². The van der Waals surface area contributed by atoms with Crippen molar-refractivity contribution >= 4 is 38.4 Å². The van der Waals surface area contributed by atoms with Gasteiger partial charge in [-0.05, 0) is 61.9 Å². The first-order valence-corrected chi connectivity index (χ1v) is 12.5. The molecule has 0 fully saturated rings. The maximum absolute atomic E-state index is 12.6. The van der Waals surface area contributed by atoms with E-state index in [1.807, 2.05) is 45.2 Å². The number of benzene rings is 2. The number of aromatic nitrogens is 1. The Bertz CT molecular complexity index is 1460. The fraction of sp³-hybridized carbons (Fsp3) is 0.357. The Morgan fingerprint density at radius 2 is 1.77 bits per heavy atom. The number of amides is 1. The molecule has 0 atom stereocenters. The lowest BCUT2D eigenvalue weighted by Crippen LogP contribution is -2.39. The molecular formula is C28H32N2O4S. The summed E-state index contributed by atoms with van der Waals surface area (Å²) in [5, 5.41) is 6.74. The van der Waals surface area contributed by atoms with Gasteiger partial charge in [0.15, 0.2) is 0 Å². The summed E-state index contributed by atoms with van der Waals surface area (Å²) < 4.78 is 11.9. The van der Waals surface area contributed by atoms with E-state index in [2.05, 4.69) is 48.4 Å². The highest BCUT2D eigenvalue weighted by molar-refractivity contribution is 7.17. The van der Waals surface area contributed by atoms with Gasteiger partial charge in [0.1, 0.15) is 16.1 Å². The van der Waals surface area contributed by atoms with E-state index in [4.69, 9.17) is 9.47 Å². The van der Waals surface area contributed by atoms with Gasteiger partial charge < -0.3 is 19.8 Å². The standard InChI is InChI=1S/C28H32N2O4S/c1-16-14-20(33-7)21(22-19-12-13-35-24(19)25(31)30-23(16)22)17-8-10-18(11-9-17)28(5,6)15-29-26(32)34-27(2,3)4/h8-14H,15H2,1-7H3,(H,29,32)(H,30,31). The number of nitrogens with one attached hydrogen (secondary N) is 2. The number of carbonyl (C=O) groups is 1. The Morgan fingerprint density at radius 1 is 1.09 bits per heavy atom. The summed E-state index contributed by atoms with van der Waals surface area (Å²) in [5.74, 6) is 0.758. The van der Waals surface area contributed by atoms with Crippen molar-refractivity contribution in [3.8, 4) is 16.9 Å². The molecule has 0 spiro atoms. The number of H-pyrrole nitrogens is 1. The van der Waals surface area contributed by atoms with Crippen LogP contribution in [0.1, 0.15) is 45.7 Å². The van der Waals surface area contributed by atoms with Gasteiger partial charge in [-0.2, -0.15) is 0 Å². The van der Waals surface area contributed by atoms with Gasteiger partial charge in [0.2, 0.25) is 0 Å². The number of methoxy groups -OCH3 is 1. The first-order valence-electron chi connectivity index (χ1n) is 11.6. The molecule has 0 radical (unpaired) electrons. The van der Waals surface area contributed by atoms with Gasteiger partial charge in [0.25, 0.3) is 5.56 Å². The molecule has 35 heavy (non-hydrogen) atoms. The molecule has 2 N–H and O–H groups in total. The van der Waals surface area contributed by atoms with E-state index in [0.29, 0.717) is 11.2 Å². The molecule has 4 aromatic rings.